The van der Waals surface area contributed by atoms with Crippen molar-refractivity contribution in [2.24, 2.45) is 5.92 Å². The average Bonchev–Trinajstić information content (AvgIpc) is 2.40. The molecule has 1 aromatic heterocycles. The molecule has 0 aromatic carbocycles. The standard InChI is InChI=1S/C12H20ClN5O/c1-8-3-5-12(19,6-4-8)7-15-11-17-9(13)16-10(14-2)18-11/h8,19H,3-7H2,1-2H3,(H2,14,15,16,17,18). The second-order valence-electron chi connectivity index (χ2n) is 5.26. The first-order chi connectivity index (χ1) is 9.00. The van der Waals surface area contributed by atoms with Crippen molar-refractivity contribution in [3.63, 3.8) is 0 Å². The van der Waals surface area contributed by atoms with Gasteiger partial charge < -0.3 is 15.7 Å². The zero-order valence-corrected chi connectivity index (χ0v) is 12.0. The lowest BCUT2D eigenvalue weighted by Gasteiger charge is -2.34. The van der Waals surface area contributed by atoms with Gasteiger partial charge in [-0.1, -0.05) is 6.92 Å². The molecule has 1 aliphatic rings. The Hall–Kier alpha value is -1.14. The maximum absolute atomic E-state index is 10.5. The summed E-state index contributed by atoms with van der Waals surface area (Å²) in [5.41, 5.74) is -0.675. The highest BCUT2D eigenvalue weighted by molar-refractivity contribution is 6.28. The summed E-state index contributed by atoms with van der Waals surface area (Å²) in [4.78, 5) is 12.0. The van der Waals surface area contributed by atoms with Crippen molar-refractivity contribution >= 4 is 23.5 Å². The molecular weight excluding hydrogens is 266 g/mol. The van der Waals surface area contributed by atoms with Crippen LogP contribution in [0.2, 0.25) is 5.28 Å². The van der Waals surface area contributed by atoms with Crippen LogP contribution in [0.3, 0.4) is 0 Å². The highest BCUT2D eigenvalue weighted by atomic mass is 35.5. The Bertz CT molecular complexity index is 434. The van der Waals surface area contributed by atoms with Gasteiger partial charge in [0, 0.05) is 13.6 Å². The van der Waals surface area contributed by atoms with Crippen molar-refractivity contribution in [2.45, 2.75) is 38.2 Å². The predicted octanol–water partition coefficient (Wildman–Crippen LogP) is 1.92. The molecule has 0 amide bonds. The van der Waals surface area contributed by atoms with Crippen LogP contribution in [0, 0.1) is 5.92 Å². The summed E-state index contributed by atoms with van der Waals surface area (Å²) in [6.45, 7) is 2.65. The third-order valence-electron chi connectivity index (χ3n) is 3.61. The molecule has 2 rings (SSSR count). The highest BCUT2D eigenvalue weighted by Gasteiger charge is 2.31. The predicted molar refractivity (Wildman–Crippen MR) is 75.5 cm³/mol. The largest absolute Gasteiger partial charge is 0.388 e. The van der Waals surface area contributed by atoms with E-state index < -0.39 is 5.60 Å². The fraction of sp³-hybridized carbons (Fsp3) is 0.750. The Kier molecular flexibility index (Phi) is 4.42. The Morgan fingerprint density at radius 1 is 1.26 bits per heavy atom. The minimum atomic E-state index is -0.675. The summed E-state index contributed by atoms with van der Waals surface area (Å²) in [6, 6.07) is 0. The Morgan fingerprint density at radius 3 is 2.53 bits per heavy atom. The Morgan fingerprint density at radius 2 is 1.89 bits per heavy atom. The number of hydrogen-bond donors (Lipinski definition) is 3. The number of aliphatic hydroxyl groups is 1. The molecule has 0 atom stereocenters. The van der Waals surface area contributed by atoms with Crippen LogP contribution in [-0.4, -0.2) is 39.3 Å². The number of halogens is 1. The van der Waals surface area contributed by atoms with Crippen LogP contribution in [-0.2, 0) is 0 Å². The van der Waals surface area contributed by atoms with Crippen molar-refractivity contribution < 1.29 is 5.11 Å². The second kappa shape index (κ2) is 5.88. The van der Waals surface area contributed by atoms with Gasteiger partial charge in [0.2, 0.25) is 17.2 Å². The molecular formula is C12H20ClN5O. The Labute approximate surface area is 118 Å². The van der Waals surface area contributed by atoms with Crippen LogP contribution in [0.1, 0.15) is 32.6 Å². The summed E-state index contributed by atoms with van der Waals surface area (Å²) in [5.74, 6) is 1.49. The number of aromatic nitrogens is 3. The normalized spacial score (nSPS) is 27.1. The van der Waals surface area contributed by atoms with E-state index in [-0.39, 0.29) is 5.28 Å². The smallest absolute Gasteiger partial charge is 0.228 e. The van der Waals surface area contributed by atoms with Gasteiger partial charge in [-0.2, -0.15) is 15.0 Å². The van der Waals surface area contributed by atoms with Gasteiger partial charge in [0.1, 0.15) is 0 Å². The first kappa shape index (κ1) is 14.3. The molecule has 106 valence electrons. The quantitative estimate of drug-likeness (QED) is 0.784. The lowest BCUT2D eigenvalue weighted by molar-refractivity contribution is 0.00487. The number of nitrogens with one attached hydrogen (secondary N) is 2. The van der Waals surface area contributed by atoms with Crippen molar-refractivity contribution in [3.8, 4) is 0 Å². The van der Waals surface area contributed by atoms with Gasteiger partial charge in [0.15, 0.2) is 0 Å². The minimum absolute atomic E-state index is 0.131. The van der Waals surface area contributed by atoms with Crippen molar-refractivity contribution in [3.05, 3.63) is 5.28 Å². The van der Waals surface area contributed by atoms with Gasteiger partial charge >= 0.3 is 0 Å². The van der Waals surface area contributed by atoms with E-state index in [1.807, 2.05) is 0 Å². The number of anilines is 2. The van der Waals surface area contributed by atoms with Crippen LogP contribution in [0.15, 0.2) is 0 Å². The van der Waals surface area contributed by atoms with Crippen LogP contribution in [0.4, 0.5) is 11.9 Å². The van der Waals surface area contributed by atoms with Gasteiger partial charge in [0.05, 0.1) is 5.60 Å². The second-order valence-corrected chi connectivity index (χ2v) is 5.60. The molecule has 1 saturated carbocycles. The highest BCUT2D eigenvalue weighted by Crippen LogP contribution is 2.31. The molecule has 0 unspecified atom stereocenters. The van der Waals surface area contributed by atoms with Crippen molar-refractivity contribution in [2.75, 3.05) is 24.2 Å². The van der Waals surface area contributed by atoms with Crippen LogP contribution < -0.4 is 10.6 Å². The van der Waals surface area contributed by atoms with Crippen LogP contribution in [0.25, 0.3) is 0 Å². The SMILES string of the molecule is CNc1nc(Cl)nc(NCC2(O)CCC(C)CC2)n1. The van der Waals surface area contributed by atoms with Crippen LogP contribution >= 0.6 is 11.6 Å². The average molecular weight is 286 g/mol. The summed E-state index contributed by atoms with van der Waals surface area (Å²) in [7, 11) is 1.71. The number of hydrogen-bond acceptors (Lipinski definition) is 6. The molecule has 1 aliphatic carbocycles. The molecule has 0 spiro atoms. The lowest BCUT2D eigenvalue weighted by Crippen LogP contribution is -2.40. The van der Waals surface area contributed by atoms with Crippen molar-refractivity contribution in [1.29, 1.82) is 0 Å². The van der Waals surface area contributed by atoms with Gasteiger partial charge in [0.25, 0.3) is 0 Å². The summed E-state index contributed by atoms with van der Waals surface area (Å²) in [5, 5.41) is 16.5. The molecule has 7 heteroatoms. The van der Waals surface area contributed by atoms with E-state index in [1.165, 1.54) is 0 Å². The van der Waals surface area contributed by atoms with Gasteiger partial charge in [-0.3, -0.25) is 0 Å². The topological polar surface area (TPSA) is 83.0 Å². The van der Waals surface area contributed by atoms with E-state index in [4.69, 9.17) is 11.6 Å². The van der Waals surface area contributed by atoms with E-state index in [9.17, 15) is 5.11 Å². The van der Waals surface area contributed by atoms with E-state index >= 15 is 0 Å². The summed E-state index contributed by atoms with van der Waals surface area (Å²) >= 11 is 5.80. The molecule has 6 nitrogen and oxygen atoms in total. The van der Waals surface area contributed by atoms with Crippen molar-refractivity contribution in [1.82, 2.24) is 15.0 Å². The van der Waals surface area contributed by atoms with E-state index in [0.717, 1.165) is 25.7 Å². The lowest BCUT2D eigenvalue weighted by atomic mass is 9.79. The molecule has 1 heterocycles. The fourth-order valence-corrected chi connectivity index (χ4v) is 2.42. The number of nitrogens with zero attached hydrogens (tertiary/aromatic N) is 3. The first-order valence-electron chi connectivity index (χ1n) is 6.56. The van der Waals surface area contributed by atoms with E-state index in [1.54, 1.807) is 7.05 Å². The summed E-state index contributed by atoms with van der Waals surface area (Å²) in [6.07, 6.45) is 3.72. The van der Waals surface area contributed by atoms with E-state index in [2.05, 4.69) is 32.5 Å². The maximum atomic E-state index is 10.5. The molecule has 1 fully saturated rings. The van der Waals surface area contributed by atoms with Gasteiger partial charge in [-0.05, 0) is 43.2 Å². The molecule has 1 aromatic rings. The zero-order valence-electron chi connectivity index (χ0n) is 11.3. The van der Waals surface area contributed by atoms with Gasteiger partial charge in [-0.25, -0.2) is 0 Å². The third kappa shape index (κ3) is 3.91. The molecule has 0 bridgehead atoms. The zero-order chi connectivity index (χ0) is 13.9. The molecule has 0 saturated heterocycles. The molecule has 19 heavy (non-hydrogen) atoms. The monoisotopic (exact) mass is 285 g/mol. The maximum Gasteiger partial charge on any atom is 0.228 e. The minimum Gasteiger partial charge on any atom is -0.388 e. The van der Waals surface area contributed by atoms with Crippen LogP contribution in [0.5, 0.6) is 0 Å². The molecule has 0 aliphatic heterocycles. The molecule has 3 N–H and O–H groups in total. The first-order valence-corrected chi connectivity index (χ1v) is 6.94. The van der Waals surface area contributed by atoms with E-state index in [0.29, 0.717) is 24.4 Å². The third-order valence-corrected chi connectivity index (χ3v) is 3.78. The Balaban J connectivity index is 1.96. The number of rotatable bonds is 4. The van der Waals surface area contributed by atoms with Gasteiger partial charge in [-0.15, -0.1) is 0 Å². The summed E-state index contributed by atoms with van der Waals surface area (Å²) < 4.78 is 0. The fourth-order valence-electron chi connectivity index (χ4n) is 2.26. The molecule has 0 radical (unpaired) electrons.